The highest BCUT2D eigenvalue weighted by molar-refractivity contribution is 6.39. The summed E-state index contributed by atoms with van der Waals surface area (Å²) in [6, 6.07) is 14.3. The summed E-state index contributed by atoms with van der Waals surface area (Å²) < 4.78 is 5.22. The van der Waals surface area contributed by atoms with Crippen molar-refractivity contribution in [1.29, 1.82) is 0 Å². The molecular weight excluding hydrogens is 322 g/mol. The van der Waals surface area contributed by atoms with E-state index in [0.717, 1.165) is 11.1 Å². The number of nitrogens with one attached hydrogen (secondary N) is 3. The first-order chi connectivity index (χ1) is 12.0. The van der Waals surface area contributed by atoms with Crippen LogP contribution in [0.3, 0.4) is 0 Å². The van der Waals surface area contributed by atoms with Gasteiger partial charge in [0, 0.05) is 5.69 Å². The van der Waals surface area contributed by atoms with E-state index >= 15 is 0 Å². The molecule has 2 rings (SSSR count). The summed E-state index contributed by atoms with van der Waals surface area (Å²) in [6.45, 7) is 3.40. The van der Waals surface area contributed by atoms with Crippen LogP contribution < -0.4 is 20.9 Å². The molecule has 7 heteroatoms. The van der Waals surface area contributed by atoms with Crippen molar-refractivity contribution in [3.63, 3.8) is 0 Å². The average Bonchev–Trinajstić information content (AvgIpc) is 2.61. The van der Waals surface area contributed by atoms with Gasteiger partial charge in [0.15, 0.2) is 6.61 Å². The van der Waals surface area contributed by atoms with Crippen LogP contribution in [-0.4, -0.2) is 24.3 Å². The Labute approximate surface area is 145 Å². The Morgan fingerprint density at radius 3 is 2.36 bits per heavy atom. The maximum Gasteiger partial charge on any atom is 0.328 e. The van der Waals surface area contributed by atoms with Gasteiger partial charge < -0.3 is 10.1 Å². The molecule has 0 aliphatic heterocycles. The average molecular weight is 341 g/mol. The second kappa shape index (κ2) is 8.49. The number of para-hydroxylation sites is 1. The maximum atomic E-state index is 11.9. The molecule has 0 radical (unpaired) electrons. The lowest BCUT2D eigenvalue weighted by atomic mass is 10.1. The van der Waals surface area contributed by atoms with Crippen molar-refractivity contribution in [3.05, 3.63) is 59.7 Å². The number of aryl methyl sites for hydroxylation is 2. The van der Waals surface area contributed by atoms with E-state index in [0.29, 0.717) is 11.4 Å². The molecular formula is C18H19N3O4. The van der Waals surface area contributed by atoms with Crippen LogP contribution in [0.4, 0.5) is 5.69 Å². The number of rotatable bonds is 4. The fourth-order valence-electron chi connectivity index (χ4n) is 1.93. The number of hydrazine groups is 1. The van der Waals surface area contributed by atoms with Crippen molar-refractivity contribution >= 4 is 23.4 Å². The highest BCUT2D eigenvalue weighted by Gasteiger charge is 2.15. The standard InChI is InChI=1S/C18H19N3O4/c1-12-8-9-13(2)15(10-12)19-17(23)18(24)21-20-16(22)11-25-14-6-4-3-5-7-14/h3-10H,11H2,1-2H3,(H,19,23)(H,20,22)(H,21,24). The Balaban J connectivity index is 1.78. The summed E-state index contributed by atoms with van der Waals surface area (Å²) in [7, 11) is 0. The lowest BCUT2D eigenvalue weighted by Gasteiger charge is -2.10. The Kier molecular flexibility index (Phi) is 6.11. The third-order valence-electron chi connectivity index (χ3n) is 3.28. The van der Waals surface area contributed by atoms with Crippen LogP contribution in [0, 0.1) is 13.8 Å². The van der Waals surface area contributed by atoms with Gasteiger partial charge in [0.05, 0.1) is 0 Å². The van der Waals surface area contributed by atoms with Crippen molar-refractivity contribution in [2.24, 2.45) is 0 Å². The molecule has 2 aromatic carbocycles. The van der Waals surface area contributed by atoms with Crippen molar-refractivity contribution in [1.82, 2.24) is 10.9 Å². The molecule has 0 saturated carbocycles. The fraction of sp³-hybridized carbons (Fsp3) is 0.167. The van der Waals surface area contributed by atoms with Crippen molar-refractivity contribution < 1.29 is 19.1 Å². The second-order valence-electron chi connectivity index (χ2n) is 5.38. The molecule has 0 heterocycles. The van der Waals surface area contributed by atoms with Crippen molar-refractivity contribution in [2.75, 3.05) is 11.9 Å². The molecule has 3 amide bonds. The molecule has 0 bridgehead atoms. The Morgan fingerprint density at radius 2 is 1.64 bits per heavy atom. The number of benzene rings is 2. The van der Waals surface area contributed by atoms with Gasteiger partial charge in [-0.2, -0.15) is 0 Å². The number of ether oxygens (including phenoxy) is 1. The zero-order valence-corrected chi connectivity index (χ0v) is 14.0. The van der Waals surface area contributed by atoms with Crippen LogP contribution in [0.1, 0.15) is 11.1 Å². The van der Waals surface area contributed by atoms with Crippen LogP contribution >= 0.6 is 0 Å². The first kappa shape index (κ1) is 18.0. The molecule has 3 N–H and O–H groups in total. The molecule has 7 nitrogen and oxygen atoms in total. The summed E-state index contributed by atoms with van der Waals surface area (Å²) in [6.07, 6.45) is 0. The Hall–Kier alpha value is -3.35. The molecule has 0 saturated heterocycles. The highest BCUT2D eigenvalue weighted by Crippen LogP contribution is 2.16. The minimum absolute atomic E-state index is 0.289. The molecule has 130 valence electrons. The SMILES string of the molecule is Cc1ccc(C)c(NC(=O)C(=O)NNC(=O)COc2ccccc2)c1. The summed E-state index contributed by atoms with van der Waals surface area (Å²) in [5.74, 6) is -1.92. The minimum Gasteiger partial charge on any atom is -0.484 e. The smallest absolute Gasteiger partial charge is 0.328 e. The molecule has 0 aliphatic carbocycles. The Bertz CT molecular complexity index is 775. The Morgan fingerprint density at radius 1 is 0.920 bits per heavy atom. The summed E-state index contributed by atoms with van der Waals surface area (Å²) in [5.41, 5.74) is 6.48. The largest absolute Gasteiger partial charge is 0.484 e. The van der Waals surface area contributed by atoms with Gasteiger partial charge in [-0.1, -0.05) is 30.3 Å². The molecule has 0 unspecified atom stereocenters. The minimum atomic E-state index is -0.978. The maximum absolute atomic E-state index is 11.9. The first-order valence-corrected chi connectivity index (χ1v) is 7.61. The zero-order valence-electron chi connectivity index (χ0n) is 14.0. The summed E-state index contributed by atoms with van der Waals surface area (Å²) in [4.78, 5) is 35.2. The normalized spacial score (nSPS) is 9.84. The predicted octanol–water partition coefficient (Wildman–Crippen LogP) is 1.47. The van der Waals surface area contributed by atoms with Crippen LogP contribution in [-0.2, 0) is 14.4 Å². The van der Waals surface area contributed by atoms with Crippen LogP contribution in [0.25, 0.3) is 0 Å². The number of amides is 3. The van der Waals surface area contributed by atoms with Gasteiger partial charge in [0.1, 0.15) is 5.75 Å². The van der Waals surface area contributed by atoms with Gasteiger partial charge in [-0.05, 0) is 43.2 Å². The number of carbonyl (C=O) groups is 3. The number of hydrogen-bond donors (Lipinski definition) is 3. The second-order valence-corrected chi connectivity index (χ2v) is 5.38. The third kappa shape index (κ3) is 5.65. The van der Waals surface area contributed by atoms with E-state index in [1.165, 1.54) is 0 Å². The van der Waals surface area contributed by atoms with Gasteiger partial charge in [-0.3, -0.25) is 25.2 Å². The molecule has 0 spiro atoms. The monoisotopic (exact) mass is 341 g/mol. The van der Waals surface area contributed by atoms with Gasteiger partial charge in [-0.25, -0.2) is 0 Å². The van der Waals surface area contributed by atoms with Gasteiger partial charge >= 0.3 is 11.8 Å². The van der Waals surface area contributed by atoms with Crippen LogP contribution in [0.2, 0.25) is 0 Å². The van der Waals surface area contributed by atoms with Gasteiger partial charge in [-0.15, -0.1) is 0 Å². The van der Waals surface area contributed by atoms with E-state index < -0.39 is 17.7 Å². The van der Waals surface area contributed by atoms with E-state index in [-0.39, 0.29) is 6.61 Å². The van der Waals surface area contributed by atoms with Gasteiger partial charge in [0.25, 0.3) is 5.91 Å². The van der Waals surface area contributed by atoms with E-state index in [4.69, 9.17) is 4.74 Å². The van der Waals surface area contributed by atoms with Crippen LogP contribution in [0.15, 0.2) is 48.5 Å². The van der Waals surface area contributed by atoms with Crippen LogP contribution in [0.5, 0.6) is 5.75 Å². The highest BCUT2D eigenvalue weighted by atomic mass is 16.5. The first-order valence-electron chi connectivity index (χ1n) is 7.61. The molecule has 0 fully saturated rings. The molecule has 0 aliphatic rings. The quantitative estimate of drug-likeness (QED) is 0.579. The van der Waals surface area contributed by atoms with E-state index in [2.05, 4.69) is 10.7 Å². The van der Waals surface area contributed by atoms with E-state index in [1.807, 2.05) is 37.5 Å². The summed E-state index contributed by atoms with van der Waals surface area (Å²) >= 11 is 0. The van der Waals surface area contributed by atoms with E-state index in [9.17, 15) is 14.4 Å². The molecule has 2 aromatic rings. The van der Waals surface area contributed by atoms with Crippen molar-refractivity contribution in [3.8, 4) is 5.75 Å². The lowest BCUT2D eigenvalue weighted by Crippen LogP contribution is -2.48. The number of carbonyl (C=O) groups excluding carboxylic acids is 3. The van der Waals surface area contributed by atoms with E-state index in [1.54, 1.807) is 30.3 Å². The molecule has 25 heavy (non-hydrogen) atoms. The topological polar surface area (TPSA) is 96.5 Å². The lowest BCUT2D eigenvalue weighted by molar-refractivity contribution is -0.138. The van der Waals surface area contributed by atoms with Gasteiger partial charge in [0.2, 0.25) is 0 Å². The molecule has 0 aromatic heterocycles. The van der Waals surface area contributed by atoms with Crippen molar-refractivity contribution in [2.45, 2.75) is 13.8 Å². The number of hydrogen-bond acceptors (Lipinski definition) is 4. The molecule has 0 atom stereocenters. The predicted molar refractivity (Wildman–Crippen MR) is 92.8 cm³/mol. The number of anilines is 1. The fourth-order valence-corrected chi connectivity index (χ4v) is 1.93. The zero-order chi connectivity index (χ0) is 18.2. The summed E-state index contributed by atoms with van der Waals surface area (Å²) in [5, 5.41) is 2.50. The third-order valence-corrected chi connectivity index (χ3v) is 3.28.